The zero-order valence-corrected chi connectivity index (χ0v) is 11.4. The minimum absolute atomic E-state index is 0.0391. The number of nitrogens with one attached hydrogen (secondary N) is 1. The van der Waals surface area contributed by atoms with Crippen LogP contribution >= 0.6 is 0 Å². The highest BCUT2D eigenvalue weighted by Gasteiger charge is 2.15. The van der Waals surface area contributed by atoms with E-state index >= 15 is 0 Å². The molecule has 3 nitrogen and oxygen atoms in total. The number of hydrogen-bond acceptors (Lipinski definition) is 3. The highest BCUT2D eigenvalue weighted by molar-refractivity contribution is 5.86. The molecule has 1 unspecified atom stereocenters. The second kappa shape index (κ2) is 5.41. The van der Waals surface area contributed by atoms with Crippen LogP contribution in [0.1, 0.15) is 22.9 Å². The maximum atomic E-state index is 5.81. The number of benzene rings is 2. The maximum Gasteiger partial charge on any atom is 0.0717 e. The van der Waals surface area contributed by atoms with E-state index in [-0.39, 0.29) is 6.04 Å². The van der Waals surface area contributed by atoms with Gasteiger partial charge in [-0.3, -0.25) is 10.8 Å². The van der Waals surface area contributed by atoms with Gasteiger partial charge in [-0.2, -0.15) is 0 Å². The summed E-state index contributed by atoms with van der Waals surface area (Å²) in [7, 11) is 0. The standard InChI is InChI=1S/C17H17N3/c1-12-11-14(9-10-19-12)17(20-18)16-8-4-6-13-5-2-3-7-15(13)16/h2-11,17,20H,18H2,1H3. The molecule has 1 atom stereocenters. The van der Waals surface area contributed by atoms with Crippen LogP contribution in [-0.4, -0.2) is 4.98 Å². The molecule has 0 radical (unpaired) electrons. The number of hydrazine groups is 1. The Kier molecular flexibility index (Phi) is 3.46. The third-order valence-corrected chi connectivity index (χ3v) is 3.56. The van der Waals surface area contributed by atoms with E-state index in [1.165, 1.54) is 16.3 Å². The van der Waals surface area contributed by atoms with Crippen LogP contribution in [-0.2, 0) is 0 Å². The van der Waals surface area contributed by atoms with Crippen molar-refractivity contribution in [3.8, 4) is 0 Å². The number of aryl methyl sites for hydroxylation is 1. The summed E-state index contributed by atoms with van der Waals surface area (Å²) in [5, 5.41) is 2.43. The van der Waals surface area contributed by atoms with E-state index in [4.69, 9.17) is 5.84 Å². The molecule has 0 saturated heterocycles. The molecule has 0 bridgehead atoms. The molecule has 20 heavy (non-hydrogen) atoms. The summed E-state index contributed by atoms with van der Waals surface area (Å²) in [5.74, 6) is 5.81. The van der Waals surface area contributed by atoms with E-state index in [0.717, 1.165) is 11.3 Å². The smallest absolute Gasteiger partial charge is 0.0717 e. The summed E-state index contributed by atoms with van der Waals surface area (Å²) < 4.78 is 0. The monoisotopic (exact) mass is 263 g/mol. The van der Waals surface area contributed by atoms with Gasteiger partial charge in [0, 0.05) is 11.9 Å². The van der Waals surface area contributed by atoms with Crippen LogP contribution in [0.5, 0.6) is 0 Å². The lowest BCUT2D eigenvalue weighted by Gasteiger charge is -2.19. The average Bonchev–Trinajstić information content (AvgIpc) is 2.48. The van der Waals surface area contributed by atoms with Crippen molar-refractivity contribution >= 4 is 10.8 Å². The molecule has 0 fully saturated rings. The highest BCUT2D eigenvalue weighted by atomic mass is 15.2. The highest BCUT2D eigenvalue weighted by Crippen LogP contribution is 2.28. The molecule has 3 rings (SSSR count). The third-order valence-electron chi connectivity index (χ3n) is 3.56. The number of nitrogens with zero attached hydrogens (tertiary/aromatic N) is 1. The topological polar surface area (TPSA) is 50.9 Å². The first kappa shape index (κ1) is 12.8. The molecule has 1 heterocycles. The Morgan fingerprint density at radius 1 is 1.05 bits per heavy atom. The SMILES string of the molecule is Cc1cc(C(NN)c2cccc3ccccc23)ccn1. The summed E-state index contributed by atoms with van der Waals surface area (Å²) in [5.41, 5.74) is 6.21. The second-order valence-electron chi connectivity index (χ2n) is 4.90. The van der Waals surface area contributed by atoms with E-state index in [1.807, 2.05) is 25.3 Å². The first-order valence-corrected chi connectivity index (χ1v) is 6.66. The lowest BCUT2D eigenvalue weighted by Crippen LogP contribution is -2.29. The van der Waals surface area contributed by atoms with E-state index in [9.17, 15) is 0 Å². The van der Waals surface area contributed by atoms with Crippen molar-refractivity contribution in [3.05, 3.63) is 77.6 Å². The number of hydrogen-bond donors (Lipinski definition) is 2. The fourth-order valence-corrected chi connectivity index (χ4v) is 2.61. The Morgan fingerprint density at radius 3 is 2.65 bits per heavy atom. The minimum Gasteiger partial charge on any atom is -0.271 e. The summed E-state index contributed by atoms with van der Waals surface area (Å²) in [6.45, 7) is 1.99. The normalized spacial score (nSPS) is 12.5. The van der Waals surface area contributed by atoms with Crippen LogP contribution in [0.2, 0.25) is 0 Å². The molecule has 3 heteroatoms. The van der Waals surface area contributed by atoms with Gasteiger partial charge < -0.3 is 0 Å². The van der Waals surface area contributed by atoms with Gasteiger partial charge in [-0.25, -0.2) is 5.43 Å². The maximum absolute atomic E-state index is 5.81. The van der Waals surface area contributed by atoms with Crippen molar-refractivity contribution < 1.29 is 0 Å². The van der Waals surface area contributed by atoms with Crippen molar-refractivity contribution in [3.63, 3.8) is 0 Å². The van der Waals surface area contributed by atoms with Crippen molar-refractivity contribution in [2.75, 3.05) is 0 Å². The molecule has 0 spiro atoms. The zero-order valence-electron chi connectivity index (χ0n) is 11.4. The molecule has 3 aromatic rings. The molecular formula is C17H17N3. The Bertz CT molecular complexity index is 732. The predicted octanol–water partition coefficient (Wildman–Crippen LogP) is 3.10. The van der Waals surface area contributed by atoms with Crippen molar-refractivity contribution in [2.45, 2.75) is 13.0 Å². The molecule has 3 N–H and O–H groups in total. The molecule has 0 aliphatic carbocycles. The van der Waals surface area contributed by atoms with E-state index in [1.54, 1.807) is 0 Å². The fourth-order valence-electron chi connectivity index (χ4n) is 2.61. The average molecular weight is 263 g/mol. The molecule has 0 aliphatic rings. The zero-order chi connectivity index (χ0) is 13.9. The third kappa shape index (κ3) is 2.29. The van der Waals surface area contributed by atoms with E-state index in [2.05, 4.69) is 52.9 Å². The molecule has 2 aromatic carbocycles. The van der Waals surface area contributed by atoms with Crippen molar-refractivity contribution in [1.82, 2.24) is 10.4 Å². The van der Waals surface area contributed by atoms with Gasteiger partial charge in [0.05, 0.1) is 6.04 Å². The minimum atomic E-state index is -0.0391. The van der Waals surface area contributed by atoms with Crippen LogP contribution in [0.3, 0.4) is 0 Å². The van der Waals surface area contributed by atoms with E-state index < -0.39 is 0 Å². The van der Waals surface area contributed by atoms with Crippen LogP contribution in [0.15, 0.2) is 60.8 Å². The number of aromatic nitrogens is 1. The van der Waals surface area contributed by atoms with Gasteiger partial charge in [0.1, 0.15) is 0 Å². The molecule has 1 aromatic heterocycles. The largest absolute Gasteiger partial charge is 0.271 e. The van der Waals surface area contributed by atoms with Crippen LogP contribution in [0.4, 0.5) is 0 Å². The molecule has 0 amide bonds. The van der Waals surface area contributed by atoms with Gasteiger partial charge in [0.2, 0.25) is 0 Å². The van der Waals surface area contributed by atoms with Gasteiger partial charge in [-0.1, -0.05) is 42.5 Å². The van der Waals surface area contributed by atoms with Gasteiger partial charge in [-0.05, 0) is 41.0 Å². The first-order chi connectivity index (χ1) is 9.79. The fraction of sp³-hybridized carbons (Fsp3) is 0.118. The number of nitrogens with two attached hydrogens (primary N) is 1. The summed E-state index contributed by atoms with van der Waals surface area (Å²) >= 11 is 0. The van der Waals surface area contributed by atoms with Crippen LogP contribution in [0.25, 0.3) is 10.8 Å². The molecular weight excluding hydrogens is 246 g/mol. The molecule has 100 valence electrons. The predicted molar refractivity (Wildman–Crippen MR) is 82.1 cm³/mol. The van der Waals surface area contributed by atoms with Gasteiger partial charge >= 0.3 is 0 Å². The lowest BCUT2D eigenvalue weighted by atomic mass is 9.94. The van der Waals surface area contributed by atoms with Gasteiger partial charge in [0.15, 0.2) is 0 Å². The number of pyridine rings is 1. The quantitative estimate of drug-likeness (QED) is 0.564. The first-order valence-electron chi connectivity index (χ1n) is 6.66. The second-order valence-corrected chi connectivity index (χ2v) is 4.90. The van der Waals surface area contributed by atoms with Gasteiger partial charge in [-0.15, -0.1) is 0 Å². The van der Waals surface area contributed by atoms with Gasteiger partial charge in [0.25, 0.3) is 0 Å². The Labute approximate surface area is 118 Å². The Balaban J connectivity index is 2.17. The number of rotatable bonds is 3. The van der Waals surface area contributed by atoms with E-state index in [0.29, 0.717) is 0 Å². The molecule has 0 saturated carbocycles. The van der Waals surface area contributed by atoms with Crippen molar-refractivity contribution in [2.24, 2.45) is 5.84 Å². The lowest BCUT2D eigenvalue weighted by molar-refractivity contribution is 0.639. The van der Waals surface area contributed by atoms with Crippen LogP contribution < -0.4 is 11.3 Å². The van der Waals surface area contributed by atoms with Crippen LogP contribution in [0, 0.1) is 6.92 Å². The Hall–Kier alpha value is -2.23. The summed E-state index contributed by atoms with van der Waals surface area (Å²) in [4.78, 5) is 4.24. The number of fused-ring (bicyclic) bond motifs is 1. The molecule has 0 aliphatic heterocycles. The summed E-state index contributed by atoms with van der Waals surface area (Å²) in [6, 6.07) is 18.7. The summed E-state index contributed by atoms with van der Waals surface area (Å²) in [6.07, 6.45) is 1.82. The van der Waals surface area contributed by atoms with Crippen molar-refractivity contribution in [1.29, 1.82) is 0 Å². The Morgan fingerprint density at radius 2 is 1.85 bits per heavy atom.